The van der Waals surface area contributed by atoms with E-state index in [1.54, 1.807) is 12.1 Å². The van der Waals surface area contributed by atoms with Gasteiger partial charge in [-0.2, -0.15) is 5.10 Å². The highest BCUT2D eigenvalue weighted by molar-refractivity contribution is 5.97. The molecule has 5 N–H and O–H groups in total. The van der Waals surface area contributed by atoms with E-state index in [0.717, 1.165) is 24.1 Å². The van der Waals surface area contributed by atoms with E-state index in [9.17, 15) is 9.90 Å². The first-order chi connectivity index (χ1) is 10.1. The third kappa shape index (κ3) is 2.99. The summed E-state index contributed by atoms with van der Waals surface area (Å²) in [6.45, 7) is 0.495. The number of phenols is 1. The minimum absolute atomic E-state index is 0.236. The lowest BCUT2D eigenvalue weighted by Crippen LogP contribution is -2.26. The van der Waals surface area contributed by atoms with Crippen LogP contribution in [0.1, 0.15) is 40.5 Å². The highest BCUT2D eigenvalue weighted by Gasteiger charge is 2.30. The van der Waals surface area contributed by atoms with Gasteiger partial charge in [0.1, 0.15) is 5.75 Å². The second-order valence-electron chi connectivity index (χ2n) is 5.35. The van der Waals surface area contributed by atoms with Gasteiger partial charge in [0.15, 0.2) is 5.69 Å². The quantitative estimate of drug-likeness (QED) is 0.669. The summed E-state index contributed by atoms with van der Waals surface area (Å²) < 4.78 is 0. The van der Waals surface area contributed by atoms with Gasteiger partial charge in [0, 0.05) is 12.5 Å². The van der Waals surface area contributed by atoms with Gasteiger partial charge in [-0.25, -0.2) is 0 Å². The number of phenolic OH excluding ortho intramolecular Hbond substituents is 1. The maximum absolute atomic E-state index is 12.1. The number of nitrogens with zero attached hydrogens (tertiary/aromatic N) is 1. The summed E-state index contributed by atoms with van der Waals surface area (Å²) in [5.41, 5.74) is 8.65. The van der Waals surface area contributed by atoms with Crippen molar-refractivity contribution in [3.63, 3.8) is 0 Å². The Hall–Kier alpha value is -2.50. The van der Waals surface area contributed by atoms with Crippen molar-refractivity contribution in [1.82, 2.24) is 15.5 Å². The molecule has 3 rings (SSSR count). The number of hydrogen-bond donors (Lipinski definition) is 4. The smallest absolute Gasteiger partial charge is 0.273 e. The van der Waals surface area contributed by atoms with Crippen molar-refractivity contribution in [2.24, 2.45) is 0 Å². The highest BCUT2D eigenvalue weighted by atomic mass is 16.3. The number of aromatic hydroxyl groups is 1. The molecular formula is C15H18N4O2. The summed E-state index contributed by atoms with van der Waals surface area (Å²) in [6, 6.07) is 6.92. The fourth-order valence-corrected chi connectivity index (χ4v) is 2.29. The van der Waals surface area contributed by atoms with Gasteiger partial charge in [0.25, 0.3) is 5.91 Å². The zero-order valence-electron chi connectivity index (χ0n) is 11.6. The van der Waals surface area contributed by atoms with Crippen LogP contribution in [0.25, 0.3) is 0 Å². The van der Waals surface area contributed by atoms with Gasteiger partial charge in [-0.3, -0.25) is 9.89 Å². The van der Waals surface area contributed by atoms with Crippen molar-refractivity contribution in [3.8, 4) is 5.75 Å². The number of benzene rings is 1. The van der Waals surface area contributed by atoms with Crippen molar-refractivity contribution in [2.45, 2.75) is 25.2 Å². The number of aromatic nitrogens is 2. The molecule has 1 aromatic carbocycles. The Bertz CT molecular complexity index is 644. The molecule has 1 amide bonds. The number of rotatable bonds is 5. The van der Waals surface area contributed by atoms with Gasteiger partial charge in [-0.05, 0) is 37.0 Å². The lowest BCUT2D eigenvalue weighted by molar-refractivity contribution is 0.0950. The molecule has 0 unspecified atom stereocenters. The Morgan fingerprint density at radius 1 is 1.38 bits per heavy atom. The Morgan fingerprint density at radius 3 is 2.76 bits per heavy atom. The van der Waals surface area contributed by atoms with Crippen LogP contribution in [0.15, 0.2) is 24.3 Å². The minimum Gasteiger partial charge on any atom is -0.508 e. The molecule has 0 saturated heterocycles. The number of nitrogen functional groups attached to an aromatic ring is 1. The number of nitrogens with one attached hydrogen (secondary N) is 2. The zero-order valence-corrected chi connectivity index (χ0v) is 11.6. The number of carbonyl (C=O) groups excluding carboxylic acids is 1. The molecule has 21 heavy (non-hydrogen) atoms. The summed E-state index contributed by atoms with van der Waals surface area (Å²) in [4.78, 5) is 12.1. The Labute approximate surface area is 122 Å². The molecule has 1 aromatic heterocycles. The molecule has 6 heteroatoms. The lowest BCUT2D eigenvalue weighted by atomic mass is 10.1. The van der Waals surface area contributed by atoms with E-state index < -0.39 is 0 Å². The number of anilines is 1. The van der Waals surface area contributed by atoms with E-state index in [0.29, 0.717) is 24.6 Å². The maximum atomic E-state index is 12.1. The zero-order chi connectivity index (χ0) is 14.8. The third-order valence-corrected chi connectivity index (χ3v) is 3.67. The van der Waals surface area contributed by atoms with Gasteiger partial charge in [-0.15, -0.1) is 0 Å². The molecule has 0 bridgehead atoms. The van der Waals surface area contributed by atoms with Crippen LogP contribution in [0.2, 0.25) is 0 Å². The van der Waals surface area contributed by atoms with Crippen molar-refractivity contribution >= 4 is 11.6 Å². The predicted octanol–water partition coefficient (Wildman–Crippen LogP) is 1.55. The van der Waals surface area contributed by atoms with E-state index in [2.05, 4.69) is 15.5 Å². The molecule has 0 radical (unpaired) electrons. The molecule has 0 spiro atoms. The van der Waals surface area contributed by atoms with Crippen LogP contribution in [0, 0.1) is 0 Å². The van der Waals surface area contributed by atoms with Crippen LogP contribution < -0.4 is 11.1 Å². The van der Waals surface area contributed by atoms with E-state index in [1.807, 2.05) is 12.1 Å². The molecule has 2 aromatic rings. The fraction of sp³-hybridized carbons (Fsp3) is 0.333. The van der Waals surface area contributed by atoms with E-state index >= 15 is 0 Å². The summed E-state index contributed by atoms with van der Waals surface area (Å²) in [5, 5.41) is 18.9. The molecule has 1 aliphatic rings. The standard InChI is InChI=1S/C15H18N4O2/c16-12-13(10-3-4-10)18-19-14(12)15(21)17-8-7-9-1-5-11(20)6-2-9/h1-2,5-6,10,20H,3-4,7-8,16H2,(H,17,21)(H,18,19). The van der Waals surface area contributed by atoms with Crippen molar-refractivity contribution in [2.75, 3.05) is 12.3 Å². The predicted molar refractivity (Wildman–Crippen MR) is 79.1 cm³/mol. The molecule has 1 heterocycles. The van der Waals surface area contributed by atoms with Crippen LogP contribution in [-0.2, 0) is 6.42 Å². The van der Waals surface area contributed by atoms with Crippen LogP contribution in [0.3, 0.4) is 0 Å². The minimum atomic E-state index is -0.255. The first-order valence-electron chi connectivity index (χ1n) is 7.05. The fourth-order valence-electron chi connectivity index (χ4n) is 2.29. The first-order valence-corrected chi connectivity index (χ1v) is 7.05. The van der Waals surface area contributed by atoms with Crippen molar-refractivity contribution in [3.05, 3.63) is 41.2 Å². The molecule has 110 valence electrons. The molecule has 1 saturated carbocycles. The average molecular weight is 286 g/mol. The van der Waals surface area contributed by atoms with Crippen molar-refractivity contribution in [1.29, 1.82) is 0 Å². The molecule has 0 aliphatic heterocycles. The van der Waals surface area contributed by atoms with Gasteiger partial charge in [0.2, 0.25) is 0 Å². The number of amides is 1. The highest BCUT2D eigenvalue weighted by Crippen LogP contribution is 2.42. The SMILES string of the molecule is Nc1c(C(=O)NCCc2ccc(O)cc2)n[nH]c1C1CC1. The van der Waals surface area contributed by atoms with Gasteiger partial charge in [0.05, 0.1) is 11.4 Å². The molecule has 1 fully saturated rings. The monoisotopic (exact) mass is 286 g/mol. The largest absolute Gasteiger partial charge is 0.508 e. The molecular weight excluding hydrogens is 268 g/mol. The topological polar surface area (TPSA) is 104 Å². The number of nitrogens with two attached hydrogens (primary N) is 1. The van der Waals surface area contributed by atoms with Crippen LogP contribution >= 0.6 is 0 Å². The Morgan fingerprint density at radius 2 is 2.10 bits per heavy atom. The Kier molecular flexibility index (Phi) is 3.51. The van der Waals surface area contributed by atoms with Crippen molar-refractivity contribution < 1.29 is 9.90 Å². The average Bonchev–Trinajstić information content (AvgIpc) is 3.24. The number of carbonyl (C=O) groups is 1. The lowest BCUT2D eigenvalue weighted by Gasteiger charge is -2.04. The van der Waals surface area contributed by atoms with Crippen LogP contribution in [0.5, 0.6) is 5.75 Å². The van der Waals surface area contributed by atoms with E-state index in [-0.39, 0.29) is 17.4 Å². The summed E-state index contributed by atoms with van der Waals surface area (Å²) in [6.07, 6.45) is 2.90. The second kappa shape index (κ2) is 5.47. The van der Waals surface area contributed by atoms with E-state index in [1.165, 1.54) is 0 Å². The molecule has 6 nitrogen and oxygen atoms in total. The first kappa shape index (κ1) is 13.5. The van der Waals surface area contributed by atoms with Gasteiger partial charge < -0.3 is 16.2 Å². The number of aromatic amines is 1. The summed E-state index contributed by atoms with van der Waals surface area (Å²) >= 11 is 0. The summed E-state index contributed by atoms with van der Waals surface area (Å²) in [7, 11) is 0. The number of hydrogen-bond acceptors (Lipinski definition) is 4. The number of H-pyrrole nitrogens is 1. The van der Waals surface area contributed by atoms with Gasteiger partial charge >= 0.3 is 0 Å². The van der Waals surface area contributed by atoms with Crippen LogP contribution in [0.4, 0.5) is 5.69 Å². The maximum Gasteiger partial charge on any atom is 0.273 e. The normalized spacial score (nSPS) is 14.1. The second-order valence-corrected chi connectivity index (χ2v) is 5.35. The Balaban J connectivity index is 1.55. The molecule has 1 aliphatic carbocycles. The summed E-state index contributed by atoms with van der Waals surface area (Å²) in [5.74, 6) is 0.421. The van der Waals surface area contributed by atoms with Gasteiger partial charge in [-0.1, -0.05) is 12.1 Å². The molecule has 0 atom stereocenters. The van der Waals surface area contributed by atoms with E-state index in [4.69, 9.17) is 5.73 Å². The van der Waals surface area contributed by atoms with Crippen LogP contribution in [-0.4, -0.2) is 27.8 Å². The third-order valence-electron chi connectivity index (χ3n) is 3.67.